The van der Waals surface area contributed by atoms with Gasteiger partial charge in [-0.05, 0) is 43.5 Å². The van der Waals surface area contributed by atoms with Crippen molar-refractivity contribution in [2.75, 3.05) is 0 Å². The second-order valence-electron chi connectivity index (χ2n) is 4.92. The number of hydrogen-bond donors (Lipinski definition) is 1. The molecular weight excluding hydrogens is 238 g/mol. The number of aryl methyl sites for hydroxylation is 2. The van der Waals surface area contributed by atoms with Crippen LogP contribution >= 0.6 is 11.3 Å². The molecular formula is C16H21NS. The summed E-state index contributed by atoms with van der Waals surface area (Å²) in [5.74, 6) is 0. The van der Waals surface area contributed by atoms with E-state index in [1.54, 1.807) is 0 Å². The van der Waals surface area contributed by atoms with Crippen LogP contribution in [0.3, 0.4) is 0 Å². The van der Waals surface area contributed by atoms with Gasteiger partial charge in [-0.25, -0.2) is 0 Å². The van der Waals surface area contributed by atoms with Crippen molar-refractivity contribution in [3.63, 3.8) is 0 Å². The maximum atomic E-state index is 6.18. The quantitative estimate of drug-likeness (QED) is 0.836. The van der Waals surface area contributed by atoms with Crippen molar-refractivity contribution in [3.05, 3.63) is 46.3 Å². The van der Waals surface area contributed by atoms with Crippen LogP contribution in [0.15, 0.2) is 30.3 Å². The molecule has 0 amide bonds. The van der Waals surface area contributed by atoms with E-state index >= 15 is 0 Å². The van der Waals surface area contributed by atoms with Crippen molar-refractivity contribution in [1.29, 1.82) is 0 Å². The molecule has 96 valence electrons. The lowest BCUT2D eigenvalue weighted by atomic mass is 10.0. The summed E-state index contributed by atoms with van der Waals surface area (Å²) in [5.41, 5.74) is 10.2. The normalized spacial score (nSPS) is 12.7. The van der Waals surface area contributed by atoms with Crippen molar-refractivity contribution in [2.45, 2.75) is 39.7 Å². The third-order valence-corrected chi connectivity index (χ3v) is 4.50. The van der Waals surface area contributed by atoms with Gasteiger partial charge in [-0.2, -0.15) is 0 Å². The van der Waals surface area contributed by atoms with Crippen LogP contribution in [-0.4, -0.2) is 0 Å². The highest BCUT2D eigenvalue weighted by Gasteiger charge is 2.10. The number of nitrogens with two attached hydrogens (primary N) is 1. The smallest absolute Gasteiger partial charge is 0.0389 e. The highest BCUT2D eigenvalue weighted by molar-refractivity contribution is 7.15. The zero-order valence-electron chi connectivity index (χ0n) is 11.4. The van der Waals surface area contributed by atoms with E-state index in [-0.39, 0.29) is 6.04 Å². The van der Waals surface area contributed by atoms with Crippen molar-refractivity contribution < 1.29 is 0 Å². The highest BCUT2D eigenvalue weighted by atomic mass is 32.1. The van der Waals surface area contributed by atoms with Crippen molar-refractivity contribution in [1.82, 2.24) is 0 Å². The molecule has 1 atom stereocenters. The minimum absolute atomic E-state index is 0.193. The Morgan fingerprint density at radius 2 is 1.94 bits per heavy atom. The largest absolute Gasteiger partial charge is 0.323 e. The van der Waals surface area contributed by atoms with E-state index < -0.39 is 0 Å². The first-order chi connectivity index (χ1) is 8.61. The van der Waals surface area contributed by atoms with E-state index in [0.717, 1.165) is 12.8 Å². The van der Waals surface area contributed by atoms with E-state index in [4.69, 9.17) is 5.73 Å². The minimum Gasteiger partial charge on any atom is -0.323 e. The van der Waals surface area contributed by atoms with E-state index in [0.29, 0.717) is 0 Å². The monoisotopic (exact) mass is 259 g/mol. The molecule has 1 aromatic heterocycles. The lowest BCUT2D eigenvalue weighted by molar-refractivity contribution is 0.648. The van der Waals surface area contributed by atoms with Crippen LogP contribution in [-0.2, 0) is 0 Å². The minimum atomic E-state index is 0.193. The van der Waals surface area contributed by atoms with E-state index in [9.17, 15) is 0 Å². The molecule has 18 heavy (non-hydrogen) atoms. The summed E-state index contributed by atoms with van der Waals surface area (Å²) < 4.78 is 0. The molecule has 1 heterocycles. The predicted octanol–water partition coefficient (Wildman–Crippen LogP) is 4.83. The first-order valence-electron chi connectivity index (χ1n) is 6.54. The Balaban J connectivity index is 2.32. The van der Waals surface area contributed by atoms with E-state index in [1.807, 2.05) is 11.3 Å². The molecule has 0 saturated heterocycles. The molecule has 0 bridgehead atoms. The molecule has 1 unspecified atom stereocenters. The summed E-state index contributed by atoms with van der Waals surface area (Å²) in [6.45, 7) is 6.49. The number of benzene rings is 1. The summed E-state index contributed by atoms with van der Waals surface area (Å²) in [7, 11) is 0. The van der Waals surface area contributed by atoms with Gasteiger partial charge in [0.2, 0.25) is 0 Å². The van der Waals surface area contributed by atoms with Crippen LogP contribution in [0.2, 0.25) is 0 Å². The van der Waals surface area contributed by atoms with Gasteiger partial charge in [0.25, 0.3) is 0 Å². The van der Waals surface area contributed by atoms with Crippen LogP contribution < -0.4 is 5.73 Å². The van der Waals surface area contributed by atoms with Crippen molar-refractivity contribution in [2.24, 2.45) is 5.73 Å². The Bertz CT molecular complexity index is 528. The van der Waals surface area contributed by atoms with Gasteiger partial charge in [0.05, 0.1) is 0 Å². The third kappa shape index (κ3) is 2.82. The molecule has 1 nitrogen and oxygen atoms in total. The maximum Gasteiger partial charge on any atom is 0.0389 e. The average molecular weight is 259 g/mol. The van der Waals surface area contributed by atoms with Gasteiger partial charge in [0, 0.05) is 15.8 Å². The lowest BCUT2D eigenvalue weighted by Crippen LogP contribution is -2.07. The Hall–Kier alpha value is -1.12. The summed E-state index contributed by atoms with van der Waals surface area (Å²) in [4.78, 5) is 2.63. The molecule has 0 aliphatic rings. The van der Waals surface area contributed by atoms with Crippen LogP contribution in [0, 0.1) is 13.8 Å². The zero-order valence-corrected chi connectivity index (χ0v) is 12.2. The second-order valence-corrected chi connectivity index (χ2v) is 6.03. The van der Waals surface area contributed by atoms with Crippen LogP contribution in [0.1, 0.15) is 41.8 Å². The Labute approximate surface area is 114 Å². The number of thiophene rings is 1. The summed E-state index contributed by atoms with van der Waals surface area (Å²) in [5, 5.41) is 0. The molecule has 0 spiro atoms. The zero-order chi connectivity index (χ0) is 13.1. The van der Waals surface area contributed by atoms with Gasteiger partial charge in [0.1, 0.15) is 0 Å². The first kappa shape index (κ1) is 13.3. The van der Waals surface area contributed by atoms with Crippen LogP contribution in [0.4, 0.5) is 0 Å². The van der Waals surface area contributed by atoms with Gasteiger partial charge in [-0.3, -0.25) is 0 Å². The van der Waals surface area contributed by atoms with Gasteiger partial charge < -0.3 is 5.73 Å². The molecule has 2 heteroatoms. The van der Waals surface area contributed by atoms with Gasteiger partial charge in [-0.1, -0.05) is 37.1 Å². The van der Waals surface area contributed by atoms with Crippen molar-refractivity contribution in [3.8, 4) is 10.4 Å². The summed E-state index contributed by atoms with van der Waals surface area (Å²) >= 11 is 1.83. The SMILES string of the molecule is CCCC(N)c1ccc(-c2cc(C)ccc2C)s1. The van der Waals surface area contributed by atoms with Gasteiger partial charge in [-0.15, -0.1) is 11.3 Å². The molecule has 0 aliphatic heterocycles. The molecule has 0 saturated carbocycles. The lowest BCUT2D eigenvalue weighted by Gasteiger charge is -2.07. The second kappa shape index (κ2) is 5.68. The molecule has 2 rings (SSSR count). The maximum absolute atomic E-state index is 6.18. The topological polar surface area (TPSA) is 26.0 Å². The van der Waals surface area contributed by atoms with Gasteiger partial charge >= 0.3 is 0 Å². The van der Waals surface area contributed by atoms with Crippen molar-refractivity contribution >= 4 is 11.3 Å². The molecule has 0 fully saturated rings. The Kier molecular flexibility index (Phi) is 4.20. The molecule has 2 N–H and O–H groups in total. The molecule has 0 radical (unpaired) electrons. The Morgan fingerprint density at radius 1 is 1.17 bits per heavy atom. The fourth-order valence-electron chi connectivity index (χ4n) is 2.15. The highest BCUT2D eigenvalue weighted by Crippen LogP contribution is 2.34. The molecule has 1 aromatic carbocycles. The van der Waals surface area contributed by atoms with Gasteiger partial charge in [0.15, 0.2) is 0 Å². The summed E-state index contributed by atoms with van der Waals surface area (Å²) in [6.07, 6.45) is 2.20. The number of rotatable bonds is 4. The first-order valence-corrected chi connectivity index (χ1v) is 7.36. The number of hydrogen-bond acceptors (Lipinski definition) is 2. The standard InChI is InChI=1S/C16H21NS/c1-4-5-14(17)16-9-8-15(18-16)13-10-11(2)6-7-12(13)3/h6-10,14H,4-5,17H2,1-3H3. The van der Waals surface area contributed by atoms with Crippen LogP contribution in [0.5, 0.6) is 0 Å². The summed E-state index contributed by atoms with van der Waals surface area (Å²) in [6, 6.07) is 11.2. The fraction of sp³-hybridized carbons (Fsp3) is 0.375. The third-order valence-electron chi connectivity index (χ3n) is 3.25. The van der Waals surface area contributed by atoms with E-state index in [1.165, 1.54) is 26.4 Å². The predicted molar refractivity (Wildman–Crippen MR) is 81.1 cm³/mol. The molecule has 2 aromatic rings. The fourth-order valence-corrected chi connectivity index (χ4v) is 3.28. The van der Waals surface area contributed by atoms with Crippen LogP contribution in [0.25, 0.3) is 10.4 Å². The average Bonchev–Trinajstić information content (AvgIpc) is 2.82. The van der Waals surface area contributed by atoms with E-state index in [2.05, 4.69) is 51.1 Å². The molecule has 0 aliphatic carbocycles. The Morgan fingerprint density at radius 3 is 2.67 bits per heavy atom.